The number of rotatable bonds is 7. The van der Waals surface area contributed by atoms with Crippen LogP contribution in [0.15, 0.2) is 54.7 Å². The molecule has 0 spiro atoms. The molecule has 1 N–H and O–H groups in total. The first-order chi connectivity index (χ1) is 14.9. The Bertz CT molecular complexity index is 1100. The molecule has 0 saturated carbocycles. The fourth-order valence-corrected chi connectivity index (χ4v) is 3.87. The average Bonchev–Trinajstić information content (AvgIpc) is 3.18. The summed E-state index contributed by atoms with van der Waals surface area (Å²) >= 11 is 7.12. The number of nitrogens with zero attached hydrogens (tertiary/aromatic N) is 1. The molecule has 1 atom stereocenters. The molecule has 1 aromatic carbocycles. The van der Waals surface area contributed by atoms with Gasteiger partial charge in [0.25, 0.3) is 5.91 Å². The Labute approximate surface area is 188 Å². The average molecular weight is 459 g/mol. The van der Waals surface area contributed by atoms with Crippen LogP contribution >= 0.6 is 22.9 Å². The van der Waals surface area contributed by atoms with E-state index >= 15 is 0 Å². The van der Waals surface area contributed by atoms with Crippen molar-refractivity contribution in [1.82, 2.24) is 4.98 Å². The van der Waals surface area contributed by atoms with E-state index in [9.17, 15) is 14.4 Å². The summed E-state index contributed by atoms with van der Waals surface area (Å²) in [6.45, 7) is 3.32. The number of hydrogen-bond donors (Lipinski definition) is 1. The van der Waals surface area contributed by atoms with Crippen LogP contribution in [-0.4, -0.2) is 35.5 Å². The summed E-state index contributed by atoms with van der Waals surface area (Å²) in [6, 6.07) is 14.1. The van der Waals surface area contributed by atoms with Gasteiger partial charge in [-0.05, 0) is 37.6 Å². The normalized spacial score (nSPS) is 11.5. The minimum atomic E-state index is -1.14. The molecule has 3 aromatic rings. The number of benzene rings is 1. The van der Waals surface area contributed by atoms with Gasteiger partial charge in [-0.3, -0.25) is 4.79 Å². The molecule has 7 nitrogen and oxygen atoms in total. The highest BCUT2D eigenvalue weighted by molar-refractivity contribution is 7.20. The molecule has 0 unspecified atom stereocenters. The first kappa shape index (κ1) is 22.5. The summed E-state index contributed by atoms with van der Waals surface area (Å²) < 4.78 is 10.3. The molecule has 2 heterocycles. The van der Waals surface area contributed by atoms with Gasteiger partial charge in [0.2, 0.25) is 0 Å². The Morgan fingerprint density at radius 1 is 1.10 bits per heavy atom. The molecular formula is C22H19ClN2O5S. The quantitative estimate of drug-likeness (QED) is 0.402. The van der Waals surface area contributed by atoms with Crippen LogP contribution in [0.4, 0.5) is 5.00 Å². The number of carbonyl (C=O) groups is 3. The van der Waals surface area contributed by atoms with Crippen LogP contribution in [0.1, 0.15) is 34.6 Å². The van der Waals surface area contributed by atoms with Crippen molar-refractivity contribution in [3.63, 3.8) is 0 Å². The van der Waals surface area contributed by atoms with Crippen LogP contribution in [0.3, 0.4) is 0 Å². The highest BCUT2D eigenvalue weighted by Gasteiger charge is 2.25. The molecule has 0 bridgehead atoms. The lowest BCUT2D eigenvalue weighted by molar-refractivity contribution is -0.123. The minimum Gasteiger partial charge on any atom is -0.462 e. The number of thiophene rings is 1. The summed E-state index contributed by atoms with van der Waals surface area (Å²) in [7, 11) is 0. The van der Waals surface area contributed by atoms with Gasteiger partial charge in [-0.25, -0.2) is 14.6 Å². The number of esters is 2. The topological polar surface area (TPSA) is 94.6 Å². The largest absolute Gasteiger partial charge is 0.462 e. The Kier molecular flexibility index (Phi) is 7.38. The van der Waals surface area contributed by atoms with Gasteiger partial charge in [0.05, 0.1) is 17.7 Å². The van der Waals surface area contributed by atoms with Crippen LogP contribution < -0.4 is 5.32 Å². The lowest BCUT2D eigenvalue weighted by Crippen LogP contribution is -2.30. The zero-order valence-corrected chi connectivity index (χ0v) is 18.3. The third kappa shape index (κ3) is 5.48. The lowest BCUT2D eigenvalue weighted by atomic mass is 10.1. The highest BCUT2D eigenvalue weighted by atomic mass is 35.5. The molecule has 3 rings (SSSR count). The second kappa shape index (κ2) is 10.2. The van der Waals surface area contributed by atoms with Crippen LogP contribution in [-0.2, 0) is 14.3 Å². The van der Waals surface area contributed by atoms with Gasteiger partial charge in [-0.2, -0.15) is 0 Å². The van der Waals surface area contributed by atoms with Crippen molar-refractivity contribution in [3.05, 3.63) is 71.0 Å². The fraction of sp³-hybridized carbons (Fsp3) is 0.182. The van der Waals surface area contributed by atoms with Crippen LogP contribution in [0.5, 0.6) is 0 Å². The second-order valence-electron chi connectivity index (χ2n) is 6.32. The van der Waals surface area contributed by atoms with Crippen LogP contribution in [0.25, 0.3) is 10.4 Å². The third-order valence-corrected chi connectivity index (χ3v) is 5.56. The smallest absolute Gasteiger partial charge is 0.342 e. The number of aromatic nitrogens is 1. The molecule has 0 aliphatic rings. The molecule has 0 saturated heterocycles. The van der Waals surface area contributed by atoms with Crippen LogP contribution in [0.2, 0.25) is 5.15 Å². The van der Waals surface area contributed by atoms with Crippen molar-refractivity contribution in [2.75, 3.05) is 11.9 Å². The number of halogens is 1. The molecule has 160 valence electrons. The van der Waals surface area contributed by atoms with Gasteiger partial charge in [-0.15, -0.1) is 11.3 Å². The third-order valence-electron chi connectivity index (χ3n) is 4.15. The van der Waals surface area contributed by atoms with Crippen molar-refractivity contribution in [3.8, 4) is 10.4 Å². The minimum absolute atomic E-state index is 0.0181. The summed E-state index contributed by atoms with van der Waals surface area (Å²) in [5.41, 5.74) is 1.18. The maximum absolute atomic E-state index is 12.7. The van der Waals surface area contributed by atoms with E-state index in [1.54, 1.807) is 13.0 Å². The number of pyridine rings is 1. The Morgan fingerprint density at radius 3 is 2.52 bits per heavy atom. The van der Waals surface area contributed by atoms with E-state index in [0.29, 0.717) is 5.00 Å². The van der Waals surface area contributed by atoms with E-state index < -0.39 is 23.9 Å². The Morgan fingerprint density at radius 2 is 1.84 bits per heavy atom. The van der Waals surface area contributed by atoms with Gasteiger partial charge in [0.1, 0.15) is 10.2 Å². The van der Waals surface area contributed by atoms with E-state index in [0.717, 1.165) is 10.4 Å². The lowest BCUT2D eigenvalue weighted by Gasteiger charge is -2.13. The molecule has 0 radical (unpaired) electrons. The predicted molar refractivity (Wildman–Crippen MR) is 118 cm³/mol. The van der Waals surface area contributed by atoms with Crippen LogP contribution in [0, 0.1) is 0 Å². The Hall–Kier alpha value is -3.23. The first-order valence-corrected chi connectivity index (χ1v) is 10.6. The molecule has 31 heavy (non-hydrogen) atoms. The number of ether oxygens (including phenoxy) is 2. The molecule has 0 fully saturated rings. The van der Waals surface area contributed by atoms with E-state index in [1.165, 1.54) is 36.6 Å². The summed E-state index contributed by atoms with van der Waals surface area (Å²) in [6.07, 6.45) is 0.300. The van der Waals surface area contributed by atoms with E-state index in [2.05, 4.69) is 10.3 Å². The van der Waals surface area contributed by atoms with Gasteiger partial charge in [0, 0.05) is 11.1 Å². The van der Waals surface area contributed by atoms with Crippen molar-refractivity contribution < 1.29 is 23.9 Å². The van der Waals surface area contributed by atoms with E-state index in [4.69, 9.17) is 21.1 Å². The zero-order valence-electron chi connectivity index (χ0n) is 16.8. The molecule has 0 aliphatic carbocycles. The molecule has 1 amide bonds. The molecule has 0 aliphatic heterocycles. The van der Waals surface area contributed by atoms with Gasteiger partial charge in [-0.1, -0.05) is 41.9 Å². The van der Waals surface area contributed by atoms with Crippen molar-refractivity contribution in [2.24, 2.45) is 0 Å². The standard InChI is InChI=1S/C22H19ClN2O5S/c1-3-29-21(27)16-12-17(14-8-5-4-6-9-14)31-20(16)25-19(26)13(2)30-22(28)15-10-7-11-24-18(15)23/h4-13H,3H2,1-2H3,(H,25,26)/t13-/m0/s1. The maximum Gasteiger partial charge on any atom is 0.342 e. The number of carbonyl (C=O) groups excluding carboxylic acids is 3. The maximum atomic E-state index is 12.7. The van der Waals surface area contributed by atoms with Gasteiger partial charge in [0.15, 0.2) is 6.10 Å². The fourth-order valence-electron chi connectivity index (χ4n) is 2.62. The zero-order chi connectivity index (χ0) is 22.4. The molecule has 2 aromatic heterocycles. The number of amides is 1. The van der Waals surface area contributed by atoms with E-state index in [-0.39, 0.29) is 22.9 Å². The first-order valence-electron chi connectivity index (χ1n) is 9.39. The van der Waals surface area contributed by atoms with Crippen molar-refractivity contribution in [1.29, 1.82) is 0 Å². The summed E-state index contributed by atoms with van der Waals surface area (Å²) in [4.78, 5) is 41.9. The second-order valence-corrected chi connectivity index (χ2v) is 7.73. The predicted octanol–water partition coefficient (Wildman–Crippen LogP) is 4.82. The number of nitrogens with one attached hydrogen (secondary N) is 1. The monoisotopic (exact) mass is 458 g/mol. The Balaban J connectivity index is 1.79. The molecule has 9 heteroatoms. The SMILES string of the molecule is CCOC(=O)c1cc(-c2ccccc2)sc1NC(=O)[C@H](C)OC(=O)c1cccnc1Cl. The summed E-state index contributed by atoms with van der Waals surface area (Å²) in [5.74, 6) is -1.93. The van der Waals surface area contributed by atoms with Crippen molar-refractivity contribution >= 4 is 45.8 Å². The highest BCUT2D eigenvalue weighted by Crippen LogP contribution is 2.36. The van der Waals surface area contributed by atoms with Crippen molar-refractivity contribution in [2.45, 2.75) is 20.0 Å². The van der Waals surface area contributed by atoms with E-state index in [1.807, 2.05) is 30.3 Å². The number of hydrogen-bond acceptors (Lipinski definition) is 7. The molecular weight excluding hydrogens is 440 g/mol. The summed E-state index contributed by atoms with van der Waals surface area (Å²) in [5, 5.41) is 2.96. The number of anilines is 1. The van der Waals surface area contributed by atoms with Gasteiger partial charge >= 0.3 is 11.9 Å². The van der Waals surface area contributed by atoms with Gasteiger partial charge < -0.3 is 14.8 Å².